The smallest absolute Gasteiger partial charge is 0.229 e. The SMILES string of the molecule is O=C(Nc1nncs1)C1CCN(C(=O)CCCOc2ccc(Cl)cc2Cl)CC1. The first kappa shape index (κ1) is 20.8. The van der Waals surface area contributed by atoms with Crippen LogP contribution in [0.5, 0.6) is 5.75 Å². The van der Waals surface area contributed by atoms with Gasteiger partial charge in [-0.2, -0.15) is 0 Å². The Morgan fingerprint density at radius 3 is 2.75 bits per heavy atom. The quantitative estimate of drug-likeness (QED) is 0.657. The molecule has 0 atom stereocenters. The fraction of sp³-hybridized carbons (Fsp3) is 0.444. The maximum Gasteiger partial charge on any atom is 0.229 e. The van der Waals surface area contributed by atoms with Crippen LogP contribution < -0.4 is 10.1 Å². The first-order valence-corrected chi connectivity index (χ1v) is 10.6. The van der Waals surface area contributed by atoms with Crippen LogP contribution in [0.4, 0.5) is 5.13 Å². The number of hydrogen-bond donors (Lipinski definition) is 1. The number of anilines is 1. The molecule has 1 aliphatic rings. The molecule has 0 radical (unpaired) electrons. The monoisotopic (exact) mass is 442 g/mol. The maximum absolute atomic E-state index is 12.4. The van der Waals surface area contributed by atoms with Crippen molar-refractivity contribution in [3.63, 3.8) is 0 Å². The van der Waals surface area contributed by atoms with Crippen LogP contribution in [0, 0.1) is 5.92 Å². The second-order valence-corrected chi connectivity index (χ2v) is 8.09. The van der Waals surface area contributed by atoms with E-state index in [9.17, 15) is 9.59 Å². The van der Waals surface area contributed by atoms with Crippen LogP contribution in [0.3, 0.4) is 0 Å². The van der Waals surface area contributed by atoms with E-state index < -0.39 is 0 Å². The predicted molar refractivity (Wildman–Crippen MR) is 109 cm³/mol. The van der Waals surface area contributed by atoms with Gasteiger partial charge in [0.2, 0.25) is 16.9 Å². The van der Waals surface area contributed by atoms with Crippen molar-refractivity contribution >= 4 is 51.5 Å². The Labute approximate surface area is 177 Å². The summed E-state index contributed by atoms with van der Waals surface area (Å²) in [5.74, 6) is 0.468. The summed E-state index contributed by atoms with van der Waals surface area (Å²) in [6.45, 7) is 1.56. The number of halogens is 2. The normalized spacial score (nSPS) is 14.7. The number of nitrogens with one attached hydrogen (secondary N) is 1. The minimum atomic E-state index is -0.108. The van der Waals surface area contributed by atoms with Gasteiger partial charge in [-0.05, 0) is 37.5 Å². The Balaban J connectivity index is 1.35. The number of hydrogen-bond acceptors (Lipinski definition) is 6. The van der Waals surface area contributed by atoms with Crippen LogP contribution in [-0.2, 0) is 9.59 Å². The van der Waals surface area contributed by atoms with Gasteiger partial charge in [0.25, 0.3) is 0 Å². The summed E-state index contributed by atoms with van der Waals surface area (Å²) in [6.07, 6.45) is 2.28. The molecule has 10 heteroatoms. The third-order valence-electron chi connectivity index (χ3n) is 4.50. The molecule has 1 aromatic carbocycles. The van der Waals surface area contributed by atoms with Crippen LogP contribution in [-0.4, -0.2) is 46.6 Å². The third-order valence-corrected chi connectivity index (χ3v) is 5.63. The van der Waals surface area contributed by atoms with Crippen LogP contribution in [0.25, 0.3) is 0 Å². The molecule has 0 spiro atoms. The zero-order valence-corrected chi connectivity index (χ0v) is 17.4. The van der Waals surface area contributed by atoms with E-state index >= 15 is 0 Å². The lowest BCUT2D eigenvalue weighted by Crippen LogP contribution is -2.41. The Morgan fingerprint density at radius 1 is 1.29 bits per heavy atom. The van der Waals surface area contributed by atoms with Gasteiger partial charge >= 0.3 is 0 Å². The second kappa shape index (κ2) is 10.0. The minimum Gasteiger partial charge on any atom is -0.492 e. The van der Waals surface area contributed by atoms with Gasteiger partial charge in [0.15, 0.2) is 0 Å². The van der Waals surface area contributed by atoms with Crippen LogP contribution in [0.15, 0.2) is 23.7 Å². The average Bonchev–Trinajstić information content (AvgIpc) is 3.19. The standard InChI is InChI=1S/C18H20Cl2N4O3S/c19-13-3-4-15(14(20)10-13)27-9-1-2-16(25)24-7-5-12(6-8-24)17(26)22-18-23-21-11-28-18/h3-4,10-12H,1-2,5-9H2,(H,22,23,26). The summed E-state index contributed by atoms with van der Waals surface area (Å²) < 4.78 is 5.60. The topological polar surface area (TPSA) is 84.4 Å². The van der Waals surface area contributed by atoms with E-state index in [0.717, 1.165) is 0 Å². The van der Waals surface area contributed by atoms with Crippen molar-refractivity contribution in [2.45, 2.75) is 25.7 Å². The third kappa shape index (κ3) is 5.80. The first-order chi connectivity index (χ1) is 13.5. The Morgan fingerprint density at radius 2 is 2.07 bits per heavy atom. The highest BCUT2D eigenvalue weighted by Crippen LogP contribution is 2.27. The lowest BCUT2D eigenvalue weighted by atomic mass is 9.95. The van der Waals surface area contributed by atoms with Crippen molar-refractivity contribution in [2.24, 2.45) is 5.92 Å². The molecule has 0 aliphatic carbocycles. The van der Waals surface area contributed by atoms with E-state index in [-0.39, 0.29) is 17.7 Å². The van der Waals surface area contributed by atoms with Crippen LogP contribution in [0.2, 0.25) is 10.0 Å². The van der Waals surface area contributed by atoms with E-state index in [1.807, 2.05) is 4.90 Å². The summed E-state index contributed by atoms with van der Waals surface area (Å²) in [7, 11) is 0. The highest BCUT2D eigenvalue weighted by Gasteiger charge is 2.27. The van der Waals surface area contributed by atoms with E-state index in [4.69, 9.17) is 27.9 Å². The van der Waals surface area contributed by atoms with E-state index in [2.05, 4.69) is 15.5 Å². The van der Waals surface area contributed by atoms with Gasteiger partial charge < -0.3 is 15.0 Å². The molecule has 1 aliphatic heterocycles. The van der Waals surface area contributed by atoms with Crippen molar-refractivity contribution < 1.29 is 14.3 Å². The van der Waals surface area contributed by atoms with Crippen molar-refractivity contribution in [1.29, 1.82) is 0 Å². The second-order valence-electron chi connectivity index (χ2n) is 6.41. The molecule has 1 N–H and O–H groups in total. The fourth-order valence-corrected chi connectivity index (χ4v) is 3.89. The van der Waals surface area contributed by atoms with Crippen molar-refractivity contribution in [3.8, 4) is 5.75 Å². The van der Waals surface area contributed by atoms with Crippen molar-refractivity contribution in [2.75, 3.05) is 25.0 Å². The molecule has 2 aromatic rings. The van der Waals surface area contributed by atoms with Gasteiger partial charge in [-0.3, -0.25) is 9.59 Å². The Hall–Kier alpha value is -1.90. The molecule has 0 bridgehead atoms. The molecule has 2 heterocycles. The summed E-state index contributed by atoms with van der Waals surface area (Å²) in [5, 5.41) is 11.8. The molecule has 1 fully saturated rings. The average molecular weight is 443 g/mol. The molecule has 28 heavy (non-hydrogen) atoms. The number of piperidine rings is 1. The number of carbonyl (C=O) groups is 2. The Kier molecular flexibility index (Phi) is 7.47. The lowest BCUT2D eigenvalue weighted by Gasteiger charge is -2.31. The predicted octanol–water partition coefficient (Wildman–Crippen LogP) is 3.88. The number of likely N-dealkylation sites (tertiary alicyclic amines) is 1. The fourth-order valence-electron chi connectivity index (χ4n) is 2.98. The summed E-state index contributed by atoms with van der Waals surface area (Å²) >= 11 is 13.2. The molecule has 2 amide bonds. The molecule has 0 saturated carbocycles. The molecule has 1 aromatic heterocycles. The van der Waals surface area contributed by atoms with Crippen molar-refractivity contribution in [1.82, 2.24) is 15.1 Å². The molecule has 7 nitrogen and oxygen atoms in total. The van der Waals surface area contributed by atoms with E-state index in [1.165, 1.54) is 11.3 Å². The van der Waals surface area contributed by atoms with Gasteiger partial charge in [-0.1, -0.05) is 34.5 Å². The van der Waals surface area contributed by atoms with Gasteiger partial charge in [0.1, 0.15) is 11.3 Å². The zero-order valence-electron chi connectivity index (χ0n) is 15.1. The van der Waals surface area contributed by atoms with Crippen LogP contribution in [0.1, 0.15) is 25.7 Å². The number of amides is 2. The highest BCUT2D eigenvalue weighted by atomic mass is 35.5. The highest BCUT2D eigenvalue weighted by molar-refractivity contribution is 7.13. The summed E-state index contributed by atoms with van der Waals surface area (Å²) in [6, 6.07) is 5.04. The number of benzene rings is 1. The summed E-state index contributed by atoms with van der Waals surface area (Å²) in [5.41, 5.74) is 1.57. The molecule has 0 unspecified atom stereocenters. The molecular weight excluding hydrogens is 423 g/mol. The van der Waals surface area contributed by atoms with Crippen molar-refractivity contribution in [3.05, 3.63) is 33.8 Å². The zero-order chi connectivity index (χ0) is 19.9. The molecule has 3 rings (SSSR count). The molecular formula is C18H20Cl2N4O3S. The van der Waals surface area contributed by atoms with E-state index in [0.29, 0.717) is 66.3 Å². The maximum atomic E-state index is 12.4. The lowest BCUT2D eigenvalue weighted by molar-refractivity contribution is -0.134. The molecule has 1 saturated heterocycles. The van der Waals surface area contributed by atoms with Gasteiger partial charge in [-0.25, -0.2) is 0 Å². The number of nitrogens with zero attached hydrogens (tertiary/aromatic N) is 3. The Bertz CT molecular complexity index is 811. The largest absolute Gasteiger partial charge is 0.492 e. The molecule has 150 valence electrons. The van der Waals surface area contributed by atoms with E-state index in [1.54, 1.807) is 23.7 Å². The van der Waals surface area contributed by atoms with Gasteiger partial charge in [-0.15, -0.1) is 10.2 Å². The van der Waals surface area contributed by atoms with Crippen LogP contribution >= 0.6 is 34.5 Å². The van der Waals surface area contributed by atoms with Gasteiger partial charge in [0, 0.05) is 30.5 Å². The number of rotatable bonds is 7. The number of carbonyl (C=O) groups excluding carboxylic acids is 2. The number of ether oxygens (including phenoxy) is 1. The summed E-state index contributed by atoms with van der Waals surface area (Å²) in [4.78, 5) is 26.4. The van der Waals surface area contributed by atoms with Gasteiger partial charge in [0.05, 0.1) is 11.6 Å². The minimum absolute atomic E-state index is 0.0582. The first-order valence-electron chi connectivity index (χ1n) is 8.95. The number of aromatic nitrogens is 2.